The summed E-state index contributed by atoms with van der Waals surface area (Å²) < 4.78 is 6.68. The van der Waals surface area contributed by atoms with E-state index in [-0.39, 0.29) is 0 Å². The molecule has 0 fully saturated rings. The first-order valence-electron chi connectivity index (χ1n) is 3.61. The zero-order valence-corrected chi connectivity index (χ0v) is 11.2. The van der Waals surface area contributed by atoms with Crippen molar-refractivity contribution in [2.45, 2.75) is 0 Å². The van der Waals surface area contributed by atoms with Gasteiger partial charge in [0, 0.05) is 27.1 Å². The van der Waals surface area contributed by atoms with Gasteiger partial charge < -0.3 is 4.42 Å². The van der Waals surface area contributed by atoms with Crippen LogP contribution in [0.3, 0.4) is 0 Å². The van der Waals surface area contributed by atoms with E-state index in [9.17, 15) is 0 Å². The van der Waals surface area contributed by atoms with Gasteiger partial charge in [0.05, 0.1) is 10.6 Å². The Morgan fingerprint density at radius 2 is 2.14 bits per heavy atom. The summed E-state index contributed by atoms with van der Waals surface area (Å²) in [5.74, 6) is 0.431. The first-order valence-corrected chi connectivity index (χ1v) is 5.86. The van der Waals surface area contributed by atoms with Gasteiger partial charge in [-0.05, 0) is 18.2 Å². The van der Waals surface area contributed by atoms with Crippen molar-refractivity contribution in [1.29, 1.82) is 0 Å². The van der Waals surface area contributed by atoms with Crippen molar-refractivity contribution in [3.05, 3.63) is 31.6 Å². The van der Waals surface area contributed by atoms with Gasteiger partial charge >= 0.3 is 0 Å². The van der Waals surface area contributed by atoms with Crippen molar-refractivity contribution in [2.24, 2.45) is 0 Å². The lowest BCUT2D eigenvalue weighted by Crippen LogP contribution is -1.79. The largest absolute Gasteiger partial charge is 0.412 e. The molecule has 0 saturated carbocycles. The van der Waals surface area contributed by atoms with Crippen molar-refractivity contribution in [2.75, 3.05) is 0 Å². The van der Waals surface area contributed by atoms with Crippen LogP contribution in [0.5, 0.6) is 0 Å². The third-order valence-electron chi connectivity index (χ3n) is 1.56. The molecule has 0 unspecified atom stereocenters. The molecule has 0 aliphatic rings. The van der Waals surface area contributed by atoms with Gasteiger partial charge in [0.2, 0.25) is 5.89 Å². The smallest absolute Gasteiger partial charge is 0.278 e. The van der Waals surface area contributed by atoms with Crippen LogP contribution in [-0.4, -0.2) is 10.2 Å². The minimum absolute atomic E-state index is 0.431. The van der Waals surface area contributed by atoms with Gasteiger partial charge in [0.1, 0.15) is 0 Å². The fraction of sp³-hybridized carbons (Fsp3) is 0. The van der Waals surface area contributed by atoms with E-state index in [1.165, 1.54) is 0 Å². The van der Waals surface area contributed by atoms with Crippen LogP contribution in [0.1, 0.15) is 0 Å². The molecule has 2 aromatic rings. The van der Waals surface area contributed by atoms with Crippen molar-refractivity contribution in [3.63, 3.8) is 0 Å². The van der Waals surface area contributed by atoms with E-state index < -0.39 is 0 Å². The zero-order chi connectivity index (χ0) is 10.1. The molecular weight excluding hydrogens is 382 g/mol. The first-order chi connectivity index (χ1) is 6.66. The zero-order valence-electron chi connectivity index (χ0n) is 6.67. The van der Waals surface area contributed by atoms with Crippen LogP contribution in [0, 0.1) is 3.90 Å². The molecule has 6 heteroatoms. The summed E-state index contributed by atoms with van der Waals surface area (Å²) in [5, 5.41) is 8.21. The Hall–Kier alpha value is -0.140. The molecule has 1 heterocycles. The number of aromatic nitrogens is 2. The molecule has 0 aliphatic carbocycles. The summed E-state index contributed by atoms with van der Waals surface area (Å²) in [5.41, 5.74) is 0.733. The molecule has 1 aromatic carbocycles. The number of nitrogens with zero attached hydrogens (tertiary/aromatic N) is 2. The minimum atomic E-state index is 0.431. The fourth-order valence-electron chi connectivity index (χ4n) is 0.976. The second kappa shape index (κ2) is 4.16. The van der Waals surface area contributed by atoms with Gasteiger partial charge in [0.15, 0.2) is 0 Å². The van der Waals surface area contributed by atoms with Gasteiger partial charge in [0.25, 0.3) is 3.90 Å². The topological polar surface area (TPSA) is 38.9 Å². The molecule has 0 saturated heterocycles. The van der Waals surface area contributed by atoms with E-state index in [0.717, 1.165) is 10.0 Å². The maximum atomic E-state index is 5.99. The number of hydrogen-bond acceptors (Lipinski definition) is 3. The maximum Gasteiger partial charge on any atom is 0.278 e. The van der Waals surface area contributed by atoms with Gasteiger partial charge in [-0.25, -0.2) is 0 Å². The number of hydrogen-bond donors (Lipinski definition) is 0. The van der Waals surface area contributed by atoms with Gasteiger partial charge in [-0.2, -0.15) is 0 Å². The average Bonchev–Trinajstić information content (AvgIpc) is 2.56. The SMILES string of the molecule is Clc1ccc(Br)cc1-c1nnc(I)o1. The highest BCUT2D eigenvalue weighted by molar-refractivity contribution is 14.1. The number of benzene rings is 1. The molecule has 0 bridgehead atoms. The lowest BCUT2D eigenvalue weighted by atomic mass is 10.2. The maximum absolute atomic E-state index is 5.99. The monoisotopic (exact) mass is 384 g/mol. The Morgan fingerprint density at radius 1 is 1.36 bits per heavy atom. The lowest BCUT2D eigenvalue weighted by molar-refractivity contribution is 0.537. The molecule has 1 aromatic heterocycles. The molecule has 2 rings (SSSR count). The van der Waals surface area contributed by atoms with Gasteiger partial charge in [-0.15, -0.1) is 10.2 Å². The Labute approximate surface area is 107 Å². The molecule has 14 heavy (non-hydrogen) atoms. The predicted octanol–water partition coefficient (Wildman–Crippen LogP) is 3.76. The molecular formula is C8H3BrClIN2O. The highest BCUT2D eigenvalue weighted by Gasteiger charge is 2.10. The normalized spacial score (nSPS) is 10.5. The van der Waals surface area contributed by atoms with E-state index in [2.05, 4.69) is 26.1 Å². The van der Waals surface area contributed by atoms with E-state index in [0.29, 0.717) is 14.8 Å². The van der Waals surface area contributed by atoms with Crippen molar-refractivity contribution in [3.8, 4) is 11.5 Å². The average molecular weight is 385 g/mol. The van der Waals surface area contributed by atoms with Crippen LogP contribution in [0.15, 0.2) is 27.1 Å². The van der Waals surface area contributed by atoms with E-state index in [1.54, 1.807) is 6.07 Å². The number of halogens is 3. The molecule has 0 radical (unpaired) electrons. The van der Waals surface area contributed by atoms with Crippen molar-refractivity contribution < 1.29 is 4.42 Å². The van der Waals surface area contributed by atoms with Crippen molar-refractivity contribution >= 4 is 50.1 Å². The highest BCUT2D eigenvalue weighted by atomic mass is 127. The molecule has 72 valence electrons. The Balaban J connectivity index is 2.55. The van der Waals surface area contributed by atoms with Crippen LogP contribution in [0.2, 0.25) is 5.02 Å². The fourth-order valence-corrected chi connectivity index (χ4v) is 1.85. The van der Waals surface area contributed by atoms with Crippen LogP contribution in [0.4, 0.5) is 0 Å². The number of rotatable bonds is 1. The Bertz CT molecular complexity index is 474. The Kier molecular flexibility index (Phi) is 3.08. The predicted molar refractivity (Wildman–Crippen MR) is 65.2 cm³/mol. The van der Waals surface area contributed by atoms with Crippen LogP contribution < -0.4 is 0 Å². The van der Waals surface area contributed by atoms with Gasteiger partial charge in [-0.3, -0.25) is 0 Å². The molecule has 0 spiro atoms. The molecule has 0 amide bonds. The summed E-state index contributed by atoms with van der Waals surface area (Å²) in [6, 6.07) is 5.47. The Morgan fingerprint density at radius 3 is 2.79 bits per heavy atom. The summed E-state index contributed by atoms with van der Waals surface area (Å²) in [4.78, 5) is 0. The standard InChI is InChI=1S/C8H3BrClIN2O/c9-4-1-2-6(10)5(3-4)7-12-13-8(11)14-7/h1-3H. The van der Waals surface area contributed by atoms with Crippen LogP contribution in [0.25, 0.3) is 11.5 Å². The quantitative estimate of drug-likeness (QED) is 0.702. The molecule has 0 atom stereocenters. The molecule has 0 N–H and O–H groups in total. The van der Waals surface area contributed by atoms with Crippen LogP contribution >= 0.6 is 50.1 Å². The van der Waals surface area contributed by atoms with Crippen molar-refractivity contribution in [1.82, 2.24) is 10.2 Å². The van der Waals surface area contributed by atoms with E-state index in [4.69, 9.17) is 16.0 Å². The highest BCUT2D eigenvalue weighted by Crippen LogP contribution is 2.29. The summed E-state index contributed by atoms with van der Waals surface area (Å²) in [6.07, 6.45) is 0. The third-order valence-corrected chi connectivity index (χ3v) is 2.82. The summed E-state index contributed by atoms with van der Waals surface area (Å²) >= 11 is 11.3. The minimum Gasteiger partial charge on any atom is -0.412 e. The molecule has 0 aliphatic heterocycles. The second-order valence-corrected chi connectivity index (χ2v) is 4.73. The summed E-state index contributed by atoms with van der Waals surface area (Å²) in [6.45, 7) is 0. The van der Waals surface area contributed by atoms with Gasteiger partial charge in [-0.1, -0.05) is 27.5 Å². The second-order valence-electron chi connectivity index (χ2n) is 2.48. The molecule has 3 nitrogen and oxygen atoms in total. The first kappa shape index (κ1) is 10.4. The lowest BCUT2D eigenvalue weighted by Gasteiger charge is -1.98. The van der Waals surface area contributed by atoms with Crippen LogP contribution in [-0.2, 0) is 0 Å². The third kappa shape index (κ3) is 2.09. The van der Waals surface area contributed by atoms with E-state index in [1.807, 2.05) is 34.7 Å². The summed E-state index contributed by atoms with van der Waals surface area (Å²) in [7, 11) is 0. The van der Waals surface area contributed by atoms with E-state index >= 15 is 0 Å².